The van der Waals surface area contributed by atoms with Crippen molar-refractivity contribution in [1.29, 1.82) is 0 Å². The van der Waals surface area contributed by atoms with E-state index in [1.54, 1.807) is 0 Å². The van der Waals surface area contributed by atoms with Gasteiger partial charge in [0.1, 0.15) is 6.04 Å². The minimum Gasteiger partial charge on any atom is -0.480 e. The molecular weight excluding hydrogens is 182 g/mol. The third kappa shape index (κ3) is 1.31. The first-order chi connectivity index (χ1) is 6.58. The summed E-state index contributed by atoms with van der Waals surface area (Å²) < 4.78 is 0. The number of nitrogens with zero attached hydrogens (tertiary/aromatic N) is 1. The van der Waals surface area contributed by atoms with Crippen molar-refractivity contribution in [2.45, 2.75) is 25.3 Å². The zero-order valence-electron chi connectivity index (χ0n) is 7.90. The highest BCUT2D eigenvalue weighted by Gasteiger charge is 2.54. The highest BCUT2D eigenvalue weighted by molar-refractivity contribution is 5.91. The second-order valence-electron chi connectivity index (χ2n) is 4.23. The molecule has 1 aliphatic carbocycles. The average molecular weight is 195 g/mol. The van der Waals surface area contributed by atoms with Gasteiger partial charge in [-0.05, 0) is 30.8 Å². The van der Waals surface area contributed by atoms with Crippen LogP contribution in [0.15, 0.2) is 12.7 Å². The fraction of sp³-hybridized carbons (Fsp3) is 0.600. The maximum atomic E-state index is 11.4. The predicted octanol–water partition coefficient (Wildman–Crippen LogP) is 0.638. The molecule has 0 aromatic carbocycles. The van der Waals surface area contributed by atoms with E-state index in [1.807, 2.05) is 0 Å². The van der Waals surface area contributed by atoms with E-state index in [2.05, 4.69) is 6.58 Å². The maximum absolute atomic E-state index is 11.4. The van der Waals surface area contributed by atoms with Gasteiger partial charge >= 0.3 is 5.97 Å². The number of hydrogen-bond acceptors (Lipinski definition) is 2. The number of aliphatic carboxylic acids is 1. The van der Waals surface area contributed by atoms with Crippen LogP contribution in [0.5, 0.6) is 0 Å². The van der Waals surface area contributed by atoms with Gasteiger partial charge in [0.15, 0.2) is 0 Å². The zero-order valence-corrected chi connectivity index (χ0v) is 7.90. The van der Waals surface area contributed by atoms with Crippen molar-refractivity contribution in [3.8, 4) is 0 Å². The number of likely N-dealkylation sites (tertiary alicyclic amines) is 1. The predicted molar refractivity (Wildman–Crippen MR) is 49.6 cm³/mol. The Morgan fingerprint density at radius 3 is 2.57 bits per heavy atom. The molecule has 2 fully saturated rings. The van der Waals surface area contributed by atoms with Crippen LogP contribution in [0.2, 0.25) is 0 Å². The van der Waals surface area contributed by atoms with Crippen molar-refractivity contribution >= 4 is 11.9 Å². The Kier molecular flexibility index (Phi) is 1.87. The van der Waals surface area contributed by atoms with Gasteiger partial charge in [0.2, 0.25) is 5.91 Å². The summed E-state index contributed by atoms with van der Waals surface area (Å²) in [4.78, 5) is 23.7. The van der Waals surface area contributed by atoms with E-state index in [4.69, 9.17) is 5.11 Å². The second-order valence-corrected chi connectivity index (χ2v) is 4.23. The van der Waals surface area contributed by atoms with Crippen molar-refractivity contribution < 1.29 is 14.7 Å². The van der Waals surface area contributed by atoms with Crippen LogP contribution in [0, 0.1) is 5.41 Å². The molecule has 0 radical (unpaired) electrons. The van der Waals surface area contributed by atoms with E-state index >= 15 is 0 Å². The van der Waals surface area contributed by atoms with Gasteiger partial charge in [0, 0.05) is 6.54 Å². The normalized spacial score (nSPS) is 27.7. The summed E-state index contributed by atoms with van der Waals surface area (Å²) >= 11 is 0. The molecule has 4 heteroatoms. The van der Waals surface area contributed by atoms with E-state index in [0.717, 1.165) is 12.8 Å². The lowest BCUT2D eigenvalue weighted by Crippen LogP contribution is -2.39. The average Bonchev–Trinajstić information content (AvgIpc) is 2.76. The Hall–Kier alpha value is -1.32. The van der Waals surface area contributed by atoms with Crippen molar-refractivity contribution in [3.63, 3.8) is 0 Å². The van der Waals surface area contributed by atoms with Gasteiger partial charge in [-0.15, -0.1) is 0 Å². The molecule has 1 unspecified atom stereocenters. The summed E-state index contributed by atoms with van der Waals surface area (Å²) in [5.74, 6) is -1.16. The van der Waals surface area contributed by atoms with E-state index in [1.165, 1.54) is 11.0 Å². The Balaban J connectivity index is 2.17. The van der Waals surface area contributed by atoms with Gasteiger partial charge in [-0.25, -0.2) is 4.79 Å². The molecule has 0 bridgehead atoms. The molecule has 14 heavy (non-hydrogen) atoms. The number of rotatable bonds is 2. The summed E-state index contributed by atoms with van der Waals surface area (Å²) in [6.45, 7) is 3.98. The van der Waals surface area contributed by atoms with Crippen LogP contribution in [-0.4, -0.2) is 34.5 Å². The molecule has 1 amide bonds. The summed E-state index contributed by atoms with van der Waals surface area (Å²) in [6.07, 6.45) is 3.91. The fourth-order valence-corrected chi connectivity index (χ4v) is 2.16. The number of carboxylic acid groups (broad SMARTS) is 1. The summed E-state index contributed by atoms with van der Waals surface area (Å²) in [5.41, 5.74) is 0.127. The van der Waals surface area contributed by atoms with Gasteiger partial charge in [-0.2, -0.15) is 0 Å². The Morgan fingerprint density at radius 1 is 1.50 bits per heavy atom. The highest BCUT2D eigenvalue weighted by atomic mass is 16.4. The van der Waals surface area contributed by atoms with Crippen LogP contribution in [-0.2, 0) is 9.59 Å². The van der Waals surface area contributed by atoms with E-state index in [9.17, 15) is 9.59 Å². The molecular formula is C10H13NO3. The van der Waals surface area contributed by atoms with Gasteiger partial charge < -0.3 is 10.0 Å². The van der Waals surface area contributed by atoms with Crippen molar-refractivity contribution in [1.82, 2.24) is 4.90 Å². The third-order valence-electron chi connectivity index (χ3n) is 3.21. The SMILES string of the molecule is C=CC(=O)N1CC2(CC2)CC1C(=O)O. The van der Waals surface area contributed by atoms with Gasteiger partial charge in [0.05, 0.1) is 0 Å². The summed E-state index contributed by atoms with van der Waals surface area (Å²) in [6, 6.07) is -0.636. The molecule has 2 rings (SSSR count). The zero-order chi connectivity index (χ0) is 10.3. The standard InChI is InChI=1S/C10H13NO3/c1-2-8(12)11-6-10(3-4-10)5-7(11)9(13)14/h2,7H,1,3-6H2,(H,13,14). The smallest absolute Gasteiger partial charge is 0.326 e. The van der Waals surface area contributed by atoms with E-state index in [0.29, 0.717) is 13.0 Å². The Labute approximate surface area is 82.2 Å². The number of hydrogen-bond donors (Lipinski definition) is 1. The lowest BCUT2D eigenvalue weighted by atomic mass is 10.0. The van der Waals surface area contributed by atoms with Crippen LogP contribution in [0.3, 0.4) is 0 Å². The topological polar surface area (TPSA) is 57.6 Å². The van der Waals surface area contributed by atoms with Gasteiger partial charge in [-0.3, -0.25) is 4.79 Å². The number of carbonyl (C=O) groups is 2. The molecule has 0 aromatic rings. The molecule has 1 saturated carbocycles. The van der Waals surface area contributed by atoms with E-state index < -0.39 is 12.0 Å². The highest BCUT2D eigenvalue weighted by Crippen LogP contribution is 2.54. The third-order valence-corrected chi connectivity index (χ3v) is 3.21. The van der Waals surface area contributed by atoms with E-state index in [-0.39, 0.29) is 11.3 Å². The molecule has 0 aromatic heterocycles. The molecule has 1 aliphatic heterocycles. The minimum absolute atomic E-state index is 0.127. The fourth-order valence-electron chi connectivity index (χ4n) is 2.16. The summed E-state index contributed by atoms with van der Waals surface area (Å²) in [5, 5.41) is 8.96. The molecule has 1 saturated heterocycles. The molecule has 1 spiro atoms. The first-order valence-electron chi connectivity index (χ1n) is 4.74. The summed E-state index contributed by atoms with van der Waals surface area (Å²) in [7, 11) is 0. The quantitative estimate of drug-likeness (QED) is 0.658. The van der Waals surface area contributed by atoms with Crippen LogP contribution in [0.4, 0.5) is 0 Å². The molecule has 4 nitrogen and oxygen atoms in total. The lowest BCUT2D eigenvalue weighted by molar-refractivity contribution is -0.146. The molecule has 1 heterocycles. The lowest BCUT2D eigenvalue weighted by Gasteiger charge is -2.19. The van der Waals surface area contributed by atoms with Crippen LogP contribution < -0.4 is 0 Å². The number of carbonyl (C=O) groups excluding carboxylic acids is 1. The largest absolute Gasteiger partial charge is 0.480 e. The van der Waals surface area contributed by atoms with Crippen molar-refractivity contribution in [2.24, 2.45) is 5.41 Å². The van der Waals surface area contributed by atoms with Gasteiger partial charge in [0.25, 0.3) is 0 Å². The first kappa shape index (κ1) is 9.24. The van der Waals surface area contributed by atoms with Gasteiger partial charge in [-0.1, -0.05) is 6.58 Å². The number of amides is 1. The molecule has 2 aliphatic rings. The van der Waals surface area contributed by atoms with Crippen molar-refractivity contribution in [3.05, 3.63) is 12.7 Å². The molecule has 76 valence electrons. The van der Waals surface area contributed by atoms with Crippen LogP contribution in [0.25, 0.3) is 0 Å². The first-order valence-corrected chi connectivity index (χ1v) is 4.74. The second kappa shape index (κ2) is 2.83. The molecule has 1 atom stereocenters. The molecule has 1 N–H and O–H groups in total. The minimum atomic E-state index is -0.899. The van der Waals surface area contributed by atoms with Crippen molar-refractivity contribution in [2.75, 3.05) is 6.54 Å². The Bertz CT molecular complexity index is 306. The van der Waals surface area contributed by atoms with Crippen LogP contribution in [0.1, 0.15) is 19.3 Å². The maximum Gasteiger partial charge on any atom is 0.326 e. The Morgan fingerprint density at radius 2 is 2.14 bits per heavy atom. The monoisotopic (exact) mass is 195 g/mol. The number of carboxylic acids is 1. The van der Waals surface area contributed by atoms with Crippen LogP contribution >= 0.6 is 0 Å².